The van der Waals surface area contributed by atoms with Crippen molar-refractivity contribution in [3.05, 3.63) is 11.6 Å². The lowest BCUT2D eigenvalue weighted by molar-refractivity contribution is -0.189. The Morgan fingerprint density at radius 3 is 2.56 bits per heavy atom. The third-order valence-corrected chi connectivity index (χ3v) is 5.70. The first-order valence-electron chi connectivity index (χ1n) is 6.82. The van der Waals surface area contributed by atoms with Gasteiger partial charge in [-0.15, -0.1) is 0 Å². The van der Waals surface area contributed by atoms with Crippen LogP contribution in [0, 0.1) is 22.7 Å². The Balaban J connectivity index is 2.09. The van der Waals surface area contributed by atoms with Crippen LogP contribution in [0.15, 0.2) is 11.6 Å². The Morgan fingerprint density at radius 2 is 2.00 bits per heavy atom. The predicted molar refractivity (Wildman–Crippen MR) is 67.8 cm³/mol. The van der Waals surface area contributed by atoms with E-state index in [1.54, 1.807) is 0 Å². The zero-order valence-electron chi connectivity index (χ0n) is 11.4. The molecule has 2 N–H and O–H groups in total. The average molecular weight is 250 g/mol. The zero-order chi connectivity index (χ0) is 13.3. The highest BCUT2D eigenvalue weighted by Crippen LogP contribution is 2.66. The number of Topliss-reactive ketones (excluding diaryl/α,β-unsaturated/α-hetero) is 1. The van der Waals surface area contributed by atoms with E-state index < -0.39 is 5.60 Å². The Labute approximate surface area is 108 Å². The van der Waals surface area contributed by atoms with Gasteiger partial charge >= 0.3 is 0 Å². The molecular weight excluding hydrogens is 228 g/mol. The van der Waals surface area contributed by atoms with Gasteiger partial charge in [0.2, 0.25) is 0 Å². The van der Waals surface area contributed by atoms with Crippen molar-refractivity contribution in [3.63, 3.8) is 0 Å². The Morgan fingerprint density at radius 1 is 1.33 bits per heavy atom. The predicted octanol–water partition coefficient (Wildman–Crippen LogP) is 1.68. The summed E-state index contributed by atoms with van der Waals surface area (Å²) in [5.74, 6) is 0.652. The maximum Gasteiger partial charge on any atom is 0.169 e. The van der Waals surface area contributed by atoms with Gasteiger partial charge in [0.1, 0.15) is 0 Å². The normalized spacial score (nSPS) is 49.2. The van der Waals surface area contributed by atoms with Gasteiger partial charge in [-0.1, -0.05) is 26.8 Å². The molecule has 0 aromatic carbocycles. The second-order valence-electron chi connectivity index (χ2n) is 7.42. The summed E-state index contributed by atoms with van der Waals surface area (Å²) in [6, 6.07) is 0. The number of aliphatic hydroxyl groups excluding tert-OH is 1. The van der Waals surface area contributed by atoms with Gasteiger partial charge in [-0.2, -0.15) is 0 Å². The quantitative estimate of drug-likeness (QED) is 0.696. The molecule has 4 atom stereocenters. The number of hydrogen-bond acceptors (Lipinski definition) is 3. The SMILES string of the molecule is CC1(C)C[C@H]2C=C(CO)[C@]3(O)C(=O)C[C@]3(C)[C@H]2C1. The molecule has 2 fully saturated rings. The highest BCUT2D eigenvalue weighted by molar-refractivity contribution is 5.99. The summed E-state index contributed by atoms with van der Waals surface area (Å²) in [5.41, 5.74) is -0.946. The van der Waals surface area contributed by atoms with E-state index in [0.717, 1.165) is 12.8 Å². The Hall–Kier alpha value is -0.670. The summed E-state index contributed by atoms with van der Waals surface area (Å²) in [6.45, 7) is 6.32. The van der Waals surface area contributed by atoms with E-state index in [-0.39, 0.29) is 23.2 Å². The van der Waals surface area contributed by atoms with Crippen molar-refractivity contribution >= 4 is 5.78 Å². The van der Waals surface area contributed by atoms with Crippen LogP contribution in [0.3, 0.4) is 0 Å². The summed E-state index contributed by atoms with van der Waals surface area (Å²) in [5, 5.41) is 20.2. The highest BCUT2D eigenvalue weighted by atomic mass is 16.3. The van der Waals surface area contributed by atoms with Gasteiger partial charge in [-0.25, -0.2) is 0 Å². The maximum absolute atomic E-state index is 11.9. The summed E-state index contributed by atoms with van der Waals surface area (Å²) in [6.07, 6.45) is 4.58. The van der Waals surface area contributed by atoms with Crippen LogP contribution in [-0.2, 0) is 4.79 Å². The van der Waals surface area contributed by atoms with Gasteiger partial charge in [0.25, 0.3) is 0 Å². The van der Waals surface area contributed by atoms with Crippen molar-refractivity contribution in [3.8, 4) is 0 Å². The lowest BCUT2D eigenvalue weighted by Gasteiger charge is -2.60. The molecule has 0 aromatic rings. The van der Waals surface area contributed by atoms with Crippen LogP contribution in [0.1, 0.15) is 40.0 Å². The van der Waals surface area contributed by atoms with Crippen molar-refractivity contribution in [1.82, 2.24) is 0 Å². The minimum atomic E-state index is -1.39. The van der Waals surface area contributed by atoms with Crippen molar-refractivity contribution < 1.29 is 15.0 Å². The molecule has 0 aliphatic heterocycles. The largest absolute Gasteiger partial charge is 0.392 e. The fraction of sp³-hybridized carbons (Fsp3) is 0.800. The molecule has 0 aromatic heterocycles. The van der Waals surface area contributed by atoms with E-state index >= 15 is 0 Å². The van der Waals surface area contributed by atoms with Crippen molar-refractivity contribution in [1.29, 1.82) is 0 Å². The number of ketones is 1. The maximum atomic E-state index is 11.9. The molecule has 3 heteroatoms. The minimum absolute atomic E-state index is 0.117. The van der Waals surface area contributed by atoms with E-state index in [4.69, 9.17) is 0 Å². The molecule has 0 spiro atoms. The van der Waals surface area contributed by atoms with Gasteiger partial charge in [-0.05, 0) is 35.7 Å². The van der Waals surface area contributed by atoms with Gasteiger partial charge in [0.15, 0.2) is 11.4 Å². The van der Waals surface area contributed by atoms with Crippen LogP contribution < -0.4 is 0 Å². The first-order chi connectivity index (χ1) is 8.24. The standard InChI is InChI=1S/C15H22O3/c1-13(2)5-9-4-10(8-16)15(18)12(17)7-14(15,3)11(9)6-13/h4,9,11,16,18H,5-8H2,1-3H3/t9-,11+,14-,15+/m1/s1. The zero-order valence-corrected chi connectivity index (χ0v) is 11.4. The molecule has 100 valence electrons. The van der Waals surface area contributed by atoms with Crippen LogP contribution in [0.2, 0.25) is 0 Å². The third kappa shape index (κ3) is 1.19. The summed E-state index contributed by atoms with van der Waals surface area (Å²) in [4.78, 5) is 11.9. The number of fused-ring (bicyclic) bond motifs is 3. The topological polar surface area (TPSA) is 57.5 Å². The number of hydrogen-bond donors (Lipinski definition) is 2. The molecule has 0 radical (unpaired) electrons. The van der Waals surface area contributed by atoms with E-state index in [1.165, 1.54) is 0 Å². The lowest BCUT2D eigenvalue weighted by Crippen LogP contribution is -2.70. The van der Waals surface area contributed by atoms with Crippen LogP contribution in [0.25, 0.3) is 0 Å². The number of rotatable bonds is 1. The van der Waals surface area contributed by atoms with Gasteiger partial charge in [0.05, 0.1) is 6.61 Å². The number of carbonyl (C=O) groups is 1. The van der Waals surface area contributed by atoms with Crippen molar-refractivity contribution in [2.75, 3.05) is 6.61 Å². The Bertz CT molecular complexity index is 451. The summed E-state index contributed by atoms with van der Waals surface area (Å²) < 4.78 is 0. The second-order valence-corrected chi connectivity index (χ2v) is 7.42. The molecule has 0 saturated heterocycles. The van der Waals surface area contributed by atoms with E-state index in [1.807, 2.05) is 13.0 Å². The number of aliphatic hydroxyl groups is 2. The smallest absolute Gasteiger partial charge is 0.169 e. The van der Waals surface area contributed by atoms with Crippen molar-refractivity contribution in [2.45, 2.75) is 45.6 Å². The third-order valence-electron chi connectivity index (χ3n) is 5.70. The molecule has 0 heterocycles. The van der Waals surface area contributed by atoms with Crippen LogP contribution in [0.4, 0.5) is 0 Å². The Kier molecular flexibility index (Phi) is 2.24. The van der Waals surface area contributed by atoms with Crippen LogP contribution in [0.5, 0.6) is 0 Å². The van der Waals surface area contributed by atoms with Crippen molar-refractivity contribution in [2.24, 2.45) is 22.7 Å². The monoisotopic (exact) mass is 250 g/mol. The molecule has 3 aliphatic rings. The summed E-state index contributed by atoms with van der Waals surface area (Å²) >= 11 is 0. The van der Waals surface area contributed by atoms with E-state index in [0.29, 0.717) is 23.8 Å². The van der Waals surface area contributed by atoms with Crippen LogP contribution >= 0.6 is 0 Å². The molecule has 3 rings (SSSR count). The number of carbonyl (C=O) groups excluding carboxylic acids is 1. The second kappa shape index (κ2) is 3.26. The van der Waals surface area contributed by atoms with Gasteiger partial charge < -0.3 is 10.2 Å². The van der Waals surface area contributed by atoms with Gasteiger partial charge in [0, 0.05) is 11.8 Å². The first kappa shape index (κ1) is 12.4. The summed E-state index contributed by atoms with van der Waals surface area (Å²) in [7, 11) is 0. The molecule has 3 aliphatic carbocycles. The first-order valence-corrected chi connectivity index (χ1v) is 6.82. The fourth-order valence-electron chi connectivity index (χ4n) is 4.78. The van der Waals surface area contributed by atoms with E-state index in [2.05, 4.69) is 13.8 Å². The molecule has 0 amide bonds. The molecule has 2 saturated carbocycles. The molecule has 0 unspecified atom stereocenters. The van der Waals surface area contributed by atoms with Crippen LogP contribution in [-0.4, -0.2) is 28.2 Å². The molecule has 3 nitrogen and oxygen atoms in total. The molecule has 18 heavy (non-hydrogen) atoms. The molecule has 0 bridgehead atoms. The minimum Gasteiger partial charge on any atom is -0.392 e. The average Bonchev–Trinajstić information content (AvgIpc) is 2.59. The molecular formula is C15H22O3. The van der Waals surface area contributed by atoms with E-state index in [9.17, 15) is 15.0 Å². The lowest BCUT2D eigenvalue weighted by atomic mass is 9.45. The fourth-order valence-corrected chi connectivity index (χ4v) is 4.78. The highest BCUT2D eigenvalue weighted by Gasteiger charge is 2.70. The van der Waals surface area contributed by atoms with Gasteiger partial charge in [-0.3, -0.25) is 4.79 Å². The number of allylic oxidation sites excluding steroid dienone is 1.